The van der Waals surface area contributed by atoms with Crippen molar-refractivity contribution in [2.24, 2.45) is 15.3 Å². The van der Waals surface area contributed by atoms with Crippen LogP contribution in [0.15, 0.2) is 99.5 Å². The first-order chi connectivity index (χ1) is 15.6. The van der Waals surface area contributed by atoms with Crippen molar-refractivity contribution in [2.75, 3.05) is 5.43 Å². The highest BCUT2D eigenvalue weighted by Gasteiger charge is 2.10. The van der Waals surface area contributed by atoms with Gasteiger partial charge in [0, 0.05) is 11.1 Å². The molecule has 1 aromatic heterocycles. The normalized spacial score (nSPS) is 12.5. The fraction of sp³-hybridized carbons (Fsp3) is 0.115. The predicted octanol–water partition coefficient (Wildman–Crippen LogP) is 6.20. The van der Waals surface area contributed by atoms with Crippen molar-refractivity contribution in [1.82, 2.24) is 4.57 Å². The number of hydrogen-bond donors (Lipinski definition) is 1. The standard InChI is InChI=1S/C26H25N5S/c1-19-9-13-22(14-10-19)25-18-32-26(31(25)24-15-11-20(2)12-16-24)30-28-21(3)17-27-29-23-7-5-4-6-8-23/h4-18,29H,1-3H3. The summed E-state index contributed by atoms with van der Waals surface area (Å²) in [7, 11) is 0. The third kappa shape index (κ3) is 5.28. The van der Waals surface area contributed by atoms with Crippen LogP contribution in [0.1, 0.15) is 18.1 Å². The van der Waals surface area contributed by atoms with Crippen LogP contribution < -0.4 is 10.2 Å². The van der Waals surface area contributed by atoms with Gasteiger partial charge in [0.25, 0.3) is 0 Å². The molecule has 0 aliphatic heterocycles. The summed E-state index contributed by atoms with van der Waals surface area (Å²) >= 11 is 1.57. The molecule has 0 saturated heterocycles. The first-order valence-electron chi connectivity index (χ1n) is 10.4. The molecule has 0 spiro atoms. The molecule has 0 unspecified atom stereocenters. The largest absolute Gasteiger partial charge is 0.284 e. The fourth-order valence-electron chi connectivity index (χ4n) is 3.11. The topological polar surface area (TPSA) is 54.0 Å². The molecule has 0 radical (unpaired) electrons. The summed E-state index contributed by atoms with van der Waals surface area (Å²) in [5, 5.41) is 15.3. The molecule has 4 rings (SSSR count). The van der Waals surface area contributed by atoms with E-state index in [-0.39, 0.29) is 0 Å². The molecule has 3 aromatic carbocycles. The molecule has 0 fully saturated rings. The molecule has 1 N–H and O–H groups in total. The van der Waals surface area contributed by atoms with E-state index in [1.54, 1.807) is 17.6 Å². The van der Waals surface area contributed by atoms with Gasteiger partial charge >= 0.3 is 0 Å². The highest BCUT2D eigenvalue weighted by Crippen LogP contribution is 2.24. The summed E-state index contributed by atoms with van der Waals surface area (Å²) in [5.74, 6) is 0. The molecule has 5 nitrogen and oxygen atoms in total. The lowest BCUT2D eigenvalue weighted by Crippen LogP contribution is -2.14. The van der Waals surface area contributed by atoms with Crippen LogP contribution in [-0.2, 0) is 0 Å². The Balaban J connectivity index is 1.68. The van der Waals surface area contributed by atoms with Crippen molar-refractivity contribution in [3.63, 3.8) is 0 Å². The second-order valence-electron chi connectivity index (χ2n) is 7.52. The van der Waals surface area contributed by atoms with Crippen molar-refractivity contribution in [1.29, 1.82) is 0 Å². The minimum absolute atomic E-state index is 0.703. The van der Waals surface area contributed by atoms with Crippen LogP contribution in [0.25, 0.3) is 16.9 Å². The van der Waals surface area contributed by atoms with Crippen LogP contribution >= 0.6 is 11.3 Å². The van der Waals surface area contributed by atoms with Crippen LogP contribution in [0, 0.1) is 13.8 Å². The Labute approximate surface area is 192 Å². The maximum atomic E-state index is 4.54. The van der Waals surface area contributed by atoms with Crippen LogP contribution in [-0.4, -0.2) is 16.5 Å². The summed E-state index contributed by atoms with van der Waals surface area (Å²) in [6.45, 7) is 6.06. The predicted molar refractivity (Wildman–Crippen MR) is 136 cm³/mol. The SMILES string of the molecule is CC(C=NNc1ccccc1)=NN=c1scc(-c2ccc(C)cc2)n1-c1ccc(C)cc1. The number of aromatic nitrogens is 1. The number of rotatable bonds is 6. The van der Waals surface area contributed by atoms with Gasteiger partial charge in [-0.2, -0.15) is 10.2 Å². The molecule has 0 atom stereocenters. The van der Waals surface area contributed by atoms with E-state index in [4.69, 9.17) is 0 Å². The quantitative estimate of drug-likeness (QED) is 0.282. The lowest BCUT2D eigenvalue weighted by Gasteiger charge is -2.09. The molecule has 0 aliphatic carbocycles. The van der Waals surface area contributed by atoms with Crippen molar-refractivity contribution in [3.05, 3.63) is 100 Å². The van der Waals surface area contributed by atoms with Gasteiger partial charge in [0.15, 0.2) is 0 Å². The molecule has 0 saturated carbocycles. The monoisotopic (exact) mass is 439 g/mol. The first kappa shape index (κ1) is 21.5. The Kier molecular flexibility index (Phi) is 6.72. The van der Waals surface area contributed by atoms with Crippen LogP contribution in [0.5, 0.6) is 0 Å². The smallest absolute Gasteiger partial charge is 0.215 e. The summed E-state index contributed by atoms with van der Waals surface area (Å²) in [6.07, 6.45) is 1.67. The lowest BCUT2D eigenvalue weighted by molar-refractivity contribution is 0.970. The van der Waals surface area contributed by atoms with Gasteiger partial charge in [-0.1, -0.05) is 65.7 Å². The molecular formula is C26H25N5S. The average Bonchev–Trinajstić information content (AvgIpc) is 3.23. The number of hydrogen-bond acceptors (Lipinski definition) is 5. The minimum Gasteiger partial charge on any atom is -0.284 e. The molecule has 1 heterocycles. The zero-order chi connectivity index (χ0) is 22.3. The Hall–Kier alpha value is -3.77. The molecule has 160 valence electrons. The number of benzene rings is 3. The first-order valence-corrected chi connectivity index (χ1v) is 11.3. The number of hydrazone groups is 1. The molecule has 0 aliphatic rings. The van der Waals surface area contributed by atoms with Gasteiger partial charge in [-0.05, 0) is 50.6 Å². The average molecular weight is 440 g/mol. The van der Waals surface area contributed by atoms with Crippen LogP contribution in [0.3, 0.4) is 0 Å². The Morgan fingerprint density at radius 2 is 1.53 bits per heavy atom. The van der Waals surface area contributed by atoms with Crippen molar-refractivity contribution < 1.29 is 0 Å². The number of aryl methyl sites for hydroxylation is 2. The van der Waals surface area contributed by atoms with Gasteiger partial charge in [0.1, 0.15) is 0 Å². The zero-order valence-electron chi connectivity index (χ0n) is 18.4. The zero-order valence-corrected chi connectivity index (χ0v) is 19.2. The number of thiazole rings is 1. The minimum atomic E-state index is 0.703. The van der Waals surface area contributed by atoms with Gasteiger partial charge in [0.05, 0.1) is 23.3 Å². The van der Waals surface area contributed by atoms with E-state index >= 15 is 0 Å². The summed E-state index contributed by atoms with van der Waals surface area (Å²) in [6, 6.07) is 26.8. The van der Waals surface area contributed by atoms with Gasteiger partial charge < -0.3 is 0 Å². The Morgan fingerprint density at radius 3 is 2.22 bits per heavy atom. The Bertz CT molecular complexity index is 1300. The van der Waals surface area contributed by atoms with E-state index in [9.17, 15) is 0 Å². The number of anilines is 1. The summed E-state index contributed by atoms with van der Waals surface area (Å²) in [4.78, 5) is 0.799. The van der Waals surface area contributed by atoms with E-state index in [1.807, 2.05) is 37.3 Å². The summed E-state index contributed by atoms with van der Waals surface area (Å²) in [5.41, 5.74) is 10.4. The third-order valence-electron chi connectivity index (χ3n) is 4.86. The number of para-hydroxylation sites is 1. The molecule has 4 aromatic rings. The maximum absolute atomic E-state index is 4.54. The fourth-order valence-corrected chi connectivity index (χ4v) is 3.97. The molecular weight excluding hydrogens is 414 g/mol. The van der Waals surface area contributed by atoms with Crippen molar-refractivity contribution >= 4 is 29.0 Å². The number of nitrogens with zero attached hydrogens (tertiary/aromatic N) is 4. The number of nitrogens with one attached hydrogen (secondary N) is 1. The molecule has 0 amide bonds. The van der Waals surface area contributed by atoms with E-state index in [0.29, 0.717) is 5.71 Å². The maximum Gasteiger partial charge on any atom is 0.215 e. The highest BCUT2D eigenvalue weighted by molar-refractivity contribution is 7.07. The van der Waals surface area contributed by atoms with Gasteiger partial charge in [0.2, 0.25) is 4.80 Å². The van der Waals surface area contributed by atoms with E-state index in [2.05, 4.69) is 93.1 Å². The molecule has 0 bridgehead atoms. The molecule has 32 heavy (non-hydrogen) atoms. The van der Waals surface area contributed by atoms with Crippen LogP contribution in [0.2, 0.25) is 0 Å². The second kappa shape index (κ2) is 10.0. The van der Waals surface area contributed by atoms with Crippen molar-refractivity contribution in [3.8, 4) is 16.9 Å². The summed E-state index contributed by atoms with van der Waals surface area (Å²) < 4.78 is 2.14. The van der Waals surface area contributed by atoms with Gasteiger partial charge in [-0.3, -0.25) is 9.99 Å². The van der Waals surface area contributed by atoms with Crippen LogP contribution in [0.4, 0.5) is 5.69 Å². The lowest BCUT2D eigenvalue weighted by atomic mass is 10.1. The van der Waals surface area contributed by atoms with E-state index in [0.717, 1.165) is 27.4 Å². The third-order valence-corrected chi connectivity index (χ3v) is 5.68. The highest BCUT2D eigenvalue weighted by atomic mass is 32.1. The van der Waals surface area contributed by atoms with E-state index in [1.165, 1.54) is 11.1 Å². The van der Waals surface area contributed by atoms with Gasteiger partial charge in [-0.25, -0.2) is 0 Å². The van der Waals surface area contributed by atoms with Crippen molar-refractivity contribution in [2.45, 2.75) is 20.8 Å². The second-order valence-corrected chi connectivity index (χ2v) is 8.35. The van der Waals surface area contributed by atoms with Gasteiger partial charge in [-0.15, -0.1) is 16.4 Å². The van der Waals surface area contributed by atoms with E-state index < -0.39 is 0 Å². The molecule has 6 heteroatoms. The Morgan fingerprint density at radius 1 is 0.875 bits per heavy atom.